The summed E-state index contributed by atoms with van der Waals surface area (Å²) < 4.78 is 0. The van der Waals surface area contributed by atoms with Crippen molar-refractivity contribution in [1.82, 2.24) is 15.1 Å². The molecule has 0 aromatic rings. The molecule has 1 fully saturated rings. The predicted molar refractivity (Wildman–Crippen MR) is 47.8 cm³/mol. The second-order valence-electron chi connectivity index (χ2n) is 3.46. The van der Waals surface area contributed by atoms with Crippen molar-refractivity contribution in [2.24, 2.45) is 0 Å². The number of nitrogens with one attached hydrogen (secondary N) is 1. The maximum Gasteiger partial charge on any atom is 0.0347 e. The molecule has 1 N–H and O–H groups in total. The van der Waals surface area contributed by atoms with E-state index in [1.54, 1.807) is 0 Å². The molecule has 1 rings (SSSR count). The van der Waals surface area contributed by atoms with Crippen LogP contribution in [0.2, 0.25) is 0 Å². The van der Waals surface area contributed by atoms with E-state index in [-0.39, 0.29) is 0 Å². The van der Waals surface area contributed by atoms with E-state index in [0.717, 1.165) is 19.1 Å². The van der Waals surface area contributed by atoms with Crippen LogP contribution >= 0.6 is 0 Å². The molecule has 0 saturated carbocycles. The third-order valence-corrected chi connectivity index (χ3v) is 2.38. The van der Waals surface area contributed by atoms with Crippen LogP contribution in [0.15, 0.2) is 0 Å². The van der Waals surface area contributed by atoms with Gasteiger partial charge in [-0.2, -0.15) is 0 Å². The molecule has 0 spiro atoms. The lowest BCUT2D eigenvalue weighted by molar-refractivity contribution is 0.0716. The summed E-state index contributed by atoms with van der Waals surface area (Å²) in [6.45, 7) is 4.73. The van der Waals surface area contributed by atoms with Crippen molar-refractivity contribution in [3.8, 4) is 0 Å². The van der Waals surface area contributed by atoms with Crippen LogP contribution in [-0.4, -0.2) is 63.2 Å². The van der Waals surface area contributed by atoms with Gasteiger partial charge in [-0.15, -0.1) is 0 Å². The van der Waals surface area contributed by atoms with Crippen molar-refractivity contribution >= 4 is 0 Å². The quantitative estimate of drug-likeness (QED) is 0.591. The Balaban J connectivity index is 2.06. The zero-order valence-corrected chi connectivity index (χ0v) is 7.80. The first-order valence-electron chi connectivity index (χ1n) is 4.27. The van der Waals surface area contributed by atoms with Gasteiger partial charge in [0.25, 0.3) is 0 Å². The van der Waals surface area contributed by atoms with Crippen LogP contribution in [0.5, 0.6) is 0 Å². The van der Waals surface area contributed by atoms with Gasteiger partial charge >= 0.3 is 0 Å². The number of likely N-dealkylation sites (tertiary alicyclic amines) is 1. The van der Waals surface area contributed by atoms with Gasteiger partial charge in [-0.3, -0.25) is 4.90 Å². The average molecular weight is 157 g/mol. The molecule has 0 radical (unpaired) electrons. The SMILES string of the molecule is CNCCN(C)C1CN(C)C1. The van der Waals surface area contributed by atoms with E-state index in [9.17, 15) is 0 Å². The van der Waals surface area contributed by atoms with Gasteiger partial charge in [0, 0.05) is 32.2 Å². The van der Waals surface area contributed by atoms with Crippen molar-refractivity contribution in [2.75, 3.05) is 47.3 Å². The molecule has 0 amide bonds. The van der Waals surface area contributed by atoms with Crippen LogP contribution in [0.25, 0.3) is 0 Å². The standard InChI is InChI=1S/C8H19N3/c1-9-4-5-11(3)8-6-10(2)7-8/h8-9H,4-7H2,1-3H3. The van der Waals surface area contributed by atoms with Crippen molar-refractivity contribution in [1.29, 1.82) is 0 Å². The smallest absolute Gasteiger partial charge is 0.0347 e. The monoisotopic (exact) mass is 157 g/mol. The number of hydrogen-bond donors (Lipinski definition) is 1. The van der Waals surface area contributed by atoms with Crippen LogP contribution in [0, 0.1) is 0 Å². The topological polar surface area (TPSA) is 18.5 Å². The summed E-state index contributed by atoms with van der Waals surface area (Å²) >= 11 is 0. The van der Waals surface area contributed by atoms with Crippen molar-refractivity contribution in [3.63, 3.8) is 0 Å². The van der Waals surface area contributed by atoms with E-state index in [2.05, 4.69) is 29.2 Å². The Morgan fingerprint density at radius 2 is 2.18 bits per heavy atom. The van der Waals surface area contributed by atoms with Gasteiger partial charge in [0.1, 0.15) is 0 Å². The molecule has 1 saturated heterocycles. The molecule has 1 aliphatic heterocycles. The normalized spacial score (nSPS) is 20.7. The first kappa shape index (κ1) is 8.97. The van der Waals surface area contributed by atoms with Crippen molar-refractivity contribution in [2.45, 2.75) is 6.04 Å². The summed E-state index contributed by atoms with van der Waals surface area (Å²) in [4.78, 5) is 4.77. The van der Waals surface area contributed by atoms with Gasteiger partial charge < -0.3 is 10.2 Å². The summed E-state index contributed by atoms with van der Waals surface area (Å²) in [5.74, 6) is 0. The molecule has 0 bridgehead atoms. The Morgan fingerprint density at radius 3 is 2.64 bits per heavy atom. The number of rotatable bonds is 4. The summed E-state index contributed by atoms with van der Waals surface area (Å²) in [5.41, 5.74) is 0. The second-order valence-corrected chi connectivity index (χ2v) is 3.46. The minimum Gasteiger partial charge on any atom is -0.318 e. The molecule has 0 unspecified atom stereocenters. The minimum atomic E-state index is 0.799. The fourth-order valence-corrected chi connectivity index (χ4v) is 1.42. The van der Waals surface area contributed by atoms with E-state index in [4.69, 9.17) is 0 Å². The van der Waals surface area contributed by atoms with Crippen LogP contribution in [0.3, 0.4) is 0 Å². The Hall–Kier alpha value is -0.120. The highest BCUT2D eigenvalue weighted by Crippen LogP contribution is 2.09. The Bertz CT molecular complexity index is 110. The highest BCUT2D eigenvalue weighted by Gasteiger charge is 2.25. The summed E-state index contributed by atoms with van der Waals surface area (Å²) in [6, 6.07) is 0.799. The van der Waals surface area contributed by atoms with Crippen molar-refractivity contribution in [3.05, 3.63) is 0 Å². The van der Waals surface area contributed by atoms with Crippen LogP contribution < -0.4 is 5.32 Å². The largest absolute Gasteiger partial charge is 0.318 e. The lowest BCUT2D eigenvalue weighted by atomic mass is 10.1. The zero-order chi connectivity index (χ0) is 8.27. The van der Waals surface area contributed by atoms with E-state index < -0.39 is 0 Å². The molecule has 66 valence electrons. The molecular formula is C8H19N3. The fourth-order valence-electron chi connectivity index (χ4n) is 1.42. The van der Waals surface area contributed by atoms with E-state index >= 15 is 0 Å². The molecule has 3 heteroatoms. The summed E-state index contributed by atoms with van der Waals surface area (Å²) in [6.07, 6.45) is 0. The minimum absolute atomic E-state index is 0.799. The van der Waals surface area contributed by atoms with Crippen LogP contribution in [0.4, 0.5) is 0 Å². The van der Waals surface area contributed by atoms with Gasteiger partial charge in [0.05, 0.1) is 0 Å². The number of hydrogen-bond acceptors (Lipinski definition) is 3. The van der Waals surface area contributed by atoms with Gasteiger partial charge in [0.2, 0.25) is 0 Å². The molecule has 0 aliphatic carbocycles. The Labute approximate surface area is 69.4 Å². The fraction of sp³-hybridized carbons (Fsp3) is 1.00. The Morgan fingerprint density at radius 1 is 1.55 bits per heavy atom. The maximum atomic E-state index is 3.16. The van der Waals surface area contributed by atoms with E-state index in [1.807, 2.05) is 7.05 Å². The molecular weight excluding hydrogens is 138 g/mol. The molecule has 0 aromatic heterocycles. The van der Waals surface area contributed by atoms with Gasteiger partial charge in [-0.05, 0) is 21.1 Å². The van der Waals surface area contributed by atoms with Gasteiger partial charge in [0.15, 0.2) is 0 Å². The second kappa shape index (κ2) is 4.04. The molecule has 0 atom stereocenters. The first-order chi connectivity index (χ1) is 5.24. The first-order valence-corrected chi connectivity index (χ1v) is 4.27. The zero-order valence-electron chi connectivity index (χ0n) is 7.80. The molecule has 11 heavy (non-hydrogen) atoms. The maximum absolute atomic E-state index is 3.16. The molecule has 1 heterocycles. The van der Waals surface area contributed by atoms with E-state index in [1.165, 1.54) is 13.1 Å². The lowest BCUT2D eigenvalue weighted by Gasteiger charge is -2.42. The predicted octanol–water partition coefficient (Wildman–Crippen LogP) is -0.548. The van der Waals surface area contributed by atoms with Crippen LogP contribution in [0.1, 0.15) is 0 Å². The molecule has 1 aliphatic rings. The van der Waals surface area contributed by atoms with Gasteiger partial charge in [-0.25, -0.2) is 0 Å². The summed E-state index contributed by atoms with van der Waals surface area (Å²) in [5, 5.41) is 3.16. The Kier molecular flexibility index (Phi) is 3.30. The molecule has 0 aromatic carbocycles. The highest BCUT2D eigenvalue weighted by atomic mass is 15.3. The number of likely N-dealkylation sites (N-methyl/N-ethyl adjacent to an activating group) is 3. The third kappa shape index (κ3) is 2.43. The highest BCUT2D eigenvalue weighted by molar-refractivity contribution is 4.84. The average Bonchev–Trinajstić information content (AvgIpc) is 1.94. The van der Waals surface area contributed by atoms with E-state index in [0.29, 0.717) is 0 Å². The lowest BCUT2D eigenvalue weighted by Crippen LogP contribution is -2.57. The van der Waals surface area contributed by atoms with Gasteiger partial charge in [-0.1, -0.05) is 0 Å². The third-order valence-electron chi connectivity index (χ3n) is 2.38. The summed E-state index contributed by atoms with van der Waals surface area (Å²) in [7, 11) is 6.37. The molecule has 3 nitrogen and oxygen atoms in total. The number of nitrogens with zero attached hydrogens (tertiary/aromatic N) is 2. The van der Waals surface area contributed by atoms with Crippen LogP contribution in [-0.2, 0) is 0 Å². The van der Waals surface area contributed by atoms with Crippen molar-refractivity contribution < 1.29 is 0 Å².